The fourth-order valence-corrected chi connectivity index (χ4v) is 5.29. The highest BCUT2D eigenvalue weighted by Gasteiger charge is 2.36. The molecular formula is C30H26ClFN2O. The maximum atomic E-state index is 14.3. The second kappa shape index (κ2) is 9.60. The Hall–Kier alpha value is -3.55. The molecule has 1 fully saturated rings. The first-order valence-electron chi connectivity index (χ1n) is 11.8. The first-order valence-corrected chi connectivity index (χ1v) is 12.2. The molecule has 0 aliphatic carbocycles. The molecule has 3 nitrogen and oxygen atoms in total. The molecule has 2 heterocycles. The van der Waals surface area contributed by atoms with E-state index in [1.165, 1.54) is 6.07 Å². The van der Waals surface area contributed by atoms with Crippen molar-refractivity contribution in [3.63, 3.8) is 0 Å². The lowest BCUT2D eigenvalue weighted by Gasteiger charge is -2.27. The third kappa shape index (κ3) is 4.22. The Balaban J connectivity index is 1.72. The third-order valence-corrected chi connectivity index (χ3v) is 7.03. The Labute approximate surface area is 210 Å². The number of likely N-dealkylation sites (tertiary alicyclic amines) is 1. The molecule has 4 aromatic rings. The van der Waals surface area contributed by atoms with Crippen LogP contribution in [0.15, 0.2) is 66.7 Å². The highest BCUT2D eigenvalue weighted by Crippen LogP contribution is 2.44. The Kier molecular flexibility index (Phi) is 6.36. The second-order valence-electron chi connectivity index (χ2n) is 8.92. The van der Waals surface area contributed by atoms with E-state index in [1.54, 1.807) is 19.1 Å². The summed E-state index contributed by atoms with van der Waals surface area (Å²) in [5.41, 5.74) is 5.13. The molecule has 1 aromatic heterocycles. The van der Waals surface area contributed by atoms with Gasteiger partial charge in [0.15, 0.2) is 0 Å². The second-order valence-corrected chi connectivity index (χ2v) is 9.36. The SMILES string of the molecule is CC#CCn1c(C2CCCN2C(=O)c2ccc(C)c(F)c2)c(-c2ccccc2)c2cc(Cl)ccc21. The van der Waals surface area contributed by atoms with Crippen molar-refractivity contribution in [1.82, 2.24) is 9.47 Å². The zero-order valence-corrected chi connectivity index (χ0v) is 20.6. The van der Waals surface area contributed by atoms with Crippen molar-refractivity contribution in [1.29, 1.82) is 0 Å². The van der Waals surface area contributed by atoms with E-state index in [0.717, 1.165) is 40.6 Å². The zero-order valence-electron chi connectivity index (χ0n) is 19.8. The molecule has 1 aliphatic rings. The molecule has 3 aromatic carbocycles. The minimum Gasteiger partial charge on any atom is -0.330 e. The Morgan fingerprint density at radius 3 is 2.66 bits per heavy atom. The fourth-order valence-electron chi connectivity index (χ4n) is 5.12. The lowest BCUT2D eigenvalue weighted by Crippen LogP contribution is -2.32. The number of carbonyl (C=O) groups excluding carboxylic acids is 1. The van der Waals surface area contributed by atoms with Gasteiger partial charge in [0.05, 0.1) is 18.3 Å². The van der Waals surface area contributed by atoms with Crippen molar-refractivity contribution < 1.29 is 9.18 Å². The van der Waals surface area contributed by atoms with Crippen LogP contribution < -0.4 is 0 Å². The van der Waals surface area contributed by atoms with E-state index < -0.39 is 0 Å². The van der Waals surface area contributed by atoms with Crippen LogP contribution >= 0.6 is 11.6 Å². The fraction of sp³-hybridized carbons (Fsp3) is 0.233. The van der Waals surface area contributed by atoms with Crippen molar-refractivity contribution in [3.05, 3.63) is 94.4 Å². The molecule has 176 valence electrons. The van der Waals surface area contributed by atoms with Gasteiger partial charge in [0.25, 0.3) is 5.91 Å². The number of hydrogen-bond acceptors (Lipinski definition) is 1. The van der Waals surface area contributed by atoms with E-state index in [4.69, 9.17) is 11.6 Å². The van der Waals surface area contributed by atoms with Gasteiger partial charge < -0.3 is 9.47 Å². The summed E-state index contributed by atoms with van der Waals surface area (Å²) in [6, 6.07) is 20.7. The Morgan fingerprint density at radius 1 is 1.11 bits per heavy atom. The summed E-state index contributed by atoms with van der Waals surface area (Å²) in [4.78, 5) is 15.5. The van der Waals surface area contributed by atoms with Gasteiger partial charge in [-0.15, -0.1) is 5.92 Å². The average molecular weight is 485 g/mol. The van der Waals surface area contributed by atoms with Crippen LogP contribution in [-0.2, 0) is 6.54 Å². The number of amides is 1. The van der Waals surface area contributed by atoms with Gasteiger partial charge in [-0.25, -0.2) is 4.39 Å². The number of aryl methyl sites for hydroxylation is 1. The van der Waals surface area contributed by atoms with Gasteiger partial charge in [-0.1, -0.05) is 53.9 Å². The number of carbonyl (C=O) groups is 1. The maximum absolute atomic E-state index is 14.3. The average Bonchev–Trinajstić information content (AvgIpc) is 3.46. The number of aromatic nitrogens is 1. The van der Waals surface area contributed by atoms with Gasteiger partial charge in [-0.2, -0.15) is 0 Å². The van der Waals surface area contributed by atoms with Gasteiger partial charge in [0, 0.05) is 33.6 Å². The molecule has 0 saturated carbocycles. The van der Waals surface area contributed by atoms with Crippen molar-refractivity contribution in [2.75, 3.05) is 6.54 Å². The molecule has 1 aliphatic heterocycles. The zero-order chi connectivity index (χ0) is 24.5. The molecule has 5 rings (SSSR count). The molecule has 0 radical (unpaired) electrons. The topological polar surface area (TPSA) is 25.2 Å². The molecule has 1 unspecified atom stereocenters. The summed E-state index contributed by atoms with van der Waals surface area (Å²) in [6.07, 6.45) is 1.70. The van der Waals surface area contributed by atoms with Crippen LogP contribution in [-0.4, -0.2) is 21.9 Å². The van der Waals surface area contributed by atoms with Crippen molar-refractivity contribution in [2.45, 2.75) is 39.3 Å². The monoisotopic (exact) mass is 484 g/mol. The number of nitrogens with zero attached hydrogens (tertiary/aromatic N) is 2. The van der Waals surface area contributed by atoms with Crippen LogP contribution in [0, 0.1) is 24.6 Å². The molecule has 1 atom stereocenters. The number of rotatable bonds is 4. The normalized spacial score (nSPS) is 15.3. The molecule has 0 bridgehead atoms. The lowest BCUT2D eigenvalue weighted by atomic mass is 9.97. The molecule has 35 heavy (non-hydrogen) atoms. The Morgan fingerprint density at radius 2 is 1.91 bits per heavy atom. The van der Waals surface area contributed by atoms with E-state index in [1.807, 2.05) is 48.2 Å². The predicted octanol–water partition coefficient (Wildman–Crippen LogP) is 7.41. The van der Waals surface area contributed by atoms with E-state index in [2.05, 4.69) is 28.5 Å². The number of benzene rings is 3. The highest BCUT2D eigenvalue weighted by atomic mass is 35.5. The van der Waals surface area contributed by atoms with E-state index in [9.17, 15) is 9.18 Å². The first-order chi connectivity index (χ1) is 17.0. The van der Waals surface area contributed by atoms with Gasteiger partial charge in [-0.3, -0.25) is 4.79 Å². The predicted molar refractivity (Wildman–Crippen MR) is 140 cm³/mol. The smallest absolute Gasteiger partial charge is 0.254 e. The largest absolute Gasteiger partial charge is 0.330 e. The molecule has 1 amide bonds. The summed E-state index contributed by atoms with van der Waals surface area (Å²) in [6.45, 7) is 4.66. The molecule has 0 N–H and O–H groups in total. The summed E-state index contributed by atoms with van der Waals surface area (Å²) in [5.74, 6) is 5.71. The maximum Gasteiger partial charge on any atom is 0.254 e. The van der Waals surface area contributed by atoms with Crippen LogP contribution in [0.3, 0.4) is 0 Å². The molecule has 1 saturated heterocycles. The van der Waals surface area contributed by atoms with Crippen LogP contribution in [0.2, 0.25) is 5.02 Å². The van der Waals surface area contributed by atoms with E-state index >= 15 is 0 Å². The standard InChI is InChI=1S/C30H26ClFN2O/c1-3-4-16-33-26-15-14-23(31)19-24(26)28(21-9-6-5-7-10-21)29(33)27-11-8-17-34(27)30(35)22-13-12-20(2)25(32)18-22/h5-7,9-10,12-15,18-19,27H,8,11,16-17H2,1-2H3. The first kappa shape index (κ1) is 23.2. The molecule has 5 heteroatoms. The minimum atomic E-state index is -0.362. The van der Waals surface area contributed by atoms with E-state index in [-0.39, 0.29) is 17.8 Å². The summed E-state index contributed by atoms with van der Waals surface area (Å²) >= 11 is 6.45. The van der Waals surface area contributed by atoms with Crippen LogP contribution in [0.1, 0.15) is 47.4 Å². The molecular weight excluding hydrogens is 459 g/mol. The van der Waals surface area contributed by atoms with Crippen molar-refractivity contribution in [3.8, 4) is 23.0 Å². The van der Waals surface area contributed by atoms with Gasteiger partial charge in [0.1, 0.15) is 5.82 Å². The number of halogens is 2. The molecule has 0 spiro atoms. The van der Waals surface area contributed by atoms with Crippen LogP contribution in [0.25, 0.3) is 22.0 Å². The van der Waals surface area contributed by atoms with Crippen LogP contribution in [0.4, 0.5) is 4.39 Å². The van der Waals surface area contributed by atoms with E-state index in [0.29, 0.717) is 29.2 Å². The van der Waals surface area contributed by atoms with Crippen LogP contribution in [0.5, 0.6) is 0 Å². The highest BCUT2D eigenvalue weighted by molar-refractivity contribution is 6.31. The minimum absolute atomic E-state index is 0.151. The van der Waals surface area contributed by atoms with Gasteiger partial charge in [0.2, 0.25) is 0 Å². The van der Waals surface area contributed by atoms with Gasteiger partial charge in [-0.05, 0) is 68.1 Å². The van der Waals surface area contributed by atoms with Crippen molar-refractivity contribution >= 4 is 28.4 Å². The third-order valence-electron chi connectivity index (χ3n) is 6.79. The van der Waals surface area contributed by atoms with Crippen molar-refractivity contribution in [2.24, 2.45) is 0 Å². The lowest BCUT2D eigenvalue weighted by molar-refractivity contribution is 0.0731. The number of hydrogen-bond donors (Lipinski definition) is 0. The van der Waals surface area contributed by atoms with Gasteiger partial charge >= 0.3 is 0 Å². The summed E-state index contributed by atoms with van der Waals surface area (Å²) < 4.78 is 16.5. The number of fused-ring (bicyclic) bond motifs is 1. The summed E-state index contributed by atoms with van der Waals surface area (Å²) in [7, 11) is 0. The summed E-state index contributed by atoms with van der Waals surface area (Å²) in [5, 5.41) is 1.70. The Bertz CT molecular complexity index is 1480. The quantitative estimate of drug-likeness (QED) is 0.277.